The van der Waals surface area contributed by atoms with Gasteiger partial charge in [-0.15, -0.1) is 0 Å². The predicted octanol–water partition coefficient (Wildman–Crippen LogP) is -2.01. The predicted molar refractivity (Wildman–Crippen MR) is 124 cm³/mol. The van der Waals surface area contributed by atoms with Crippen LogP contribution in [0, 0.1) is 34.0 Å². The second-order valence-corrected chi connectivity index (χ2v) is 13.1. The molecular weight excluding hydrogens is 488 g/mol. The Bertz CT molecular complexity index is 957. The number of ether oxygens (including phenoxy) is 3. The number of hydrogen-bond acceptors (Lipinski definition) is 11. The van der Waals surface area contributed by atoms with E-state index in [4.69, 9.17) is 14.2 Å². The topological polar surface area (TPSA) is 190 Å². The zero-order chi connectivity index (χ0) is 26.9. The van der Waals surface area contributed by atoms with E-state index in [0.717, 1.165) is 0 Å². The van der Waals surface area contributed by atoms with Gasteiger partial charge in [0.05, 0.1) is 36.9 Å². The fourth-order valence-electron chi connectivity index (χ4n) is 9.64. The second-order valence-electron chi connectivity index (χ2n) is 13.1. The fourth-order valence-corrected chi connectivity index (χ4v) is 9.64. The van der Waals surface area contributed by atoms with Crippen LogP contribution in [0.1, 0.15) is 39.5 Å². The Morgan fingerprint density at radius 1 is 1.03 bits per heavy atom. The van der Waals surface area contributed by atoms with Gasteiger partial charge in [0.2, 0.25) is 5.79 Å². The maximum Gasteiger partial charge on any atom is 0.201 e. The summed E-state index contributed by atoms with van der Waals surface area (Å²) in [4.78, 5) is 0. The van der Waals surface area contributed by atoms with Gasteiger partial charge in [-0.25, -0.2) is 0 Å². The Kier molecular flexibility index (Phi) is 5.86. The van der Waals surface area contributed by atoms with E-state index in [1.54, 1.807) is 0 Å². The number of fused-ring (bicyclic) bond motifs is 2. The SMILES string of the molecule is C=C1[C@@H]2C[C@H](O)[C@H]3[C@@]45CO[C@](O)([C@@H](O)[C@@H]4C(C)(C)CC[C@H]5O[C@@H]4O[C@H](CO)[C@@H](O)[C@H](O)[C@H]4O)[C@]3(C2)[C@@H]1O. The summed E-state index contributed by atoms with van der Waals surface area (Å²) in [7, 11) is 0. The molecule has 11 heteroatoms. The van der Waals surface area contributed by atoms with Crippen LogP contribution in [0.15, 0.2) is 12.2 Å². The van der Waals surface area contributed by atoms with Crippen LogP contribution < -0.4 is 0 Å². The first kappa shape index (κ1) is 26.5. The standard InChI is InChI=1S/C26H40O11/c1-10-11-6-12(28)18-24-9-35-26(34,25(18,7-11)20(10)32)21(33)19(24)23(2,3)5-4-14(24)37-22-17(31)16(30)15(29)13(8-27)36-22/h11-22,27-34H,1,4-9H2,2-3H3/t11-,12+,13-,14-,15-,16+,17-,18+,19-,20-,21+,22+,24+,25+,26-/m1/s1. The summed E-state index contributed by atoms with van der Waals surface area (Å²) in [5.74, 6) is -3.68. The van der Waals surface area contributed by atoms with Gasteiger partial charge in [-0.3, -0.25) is 0 Å². The maximum absolute atomic E-state index is 12.0. The summed E-state index contributed by atoms with van der Waals surface area (Å²) in [6.45, 7) is 7.37. The lowest BCUT2D eigenvalue weighted by Crippen LogP contribution is -2.85. The first-order valence-electron chi connectivity index (χ1n) is 13.3. The molecule has 0 amide bonds. The van der Waals surface area contributed by atoms with Crippen molar-refractivity contribution >= 4 is 0 Å². The molecule has 0 unspecified atom stereocenters. The van der Waals surface area contributed by atoms with Crippen LogP contribution in [0.4, 0.5) is 0 Å². The van der Waals surface area contributed by atoms with Crippen molar-refractivity contribution in [3.05, 3.63) is 12.2 Å². The largest absolute Gasteiger partial charge is 0.394 e. The van der Waals surface area contributed by atoms with Gasteiger partial charge in [-0.1, -0.05) is 20.4 Å². The Morgan fingerprint density at radius 2 is 1.73 bits per heavy atom. The molecule has 37 heavy (non-hydrogen) atoms. The zero-order valence-corrected chi connectivity index (χ0v) is 21.2. The van der Waals surface area contributed by atoms with Crippen molar-refractivity contribution in [3.8, 4) is 0 Å². The highest BCUT2D eigenvalue weighted by atomic mass is 16.7. The first-order chi connectivity index (χ1) is 17.3. The molecule has 4 aliphatic carbocycles. The highest BCUT2D eigenvalue weighted by Gasteiger charge is 2.85. The van der Waals surface area contributed by atoms with E-state index in [-0.39, 0.29) is 12.5 Å². The average Bonchev–Trinajstić information content (AvgIpc) is 3.04. The lowest BCUT2D eigenvalue weighted by atomic mass is 9.35. The maximum atomic E-state index is 12.0. The Balaban J connectivity index is 1.47. The van der Waals surface area contributed by atoms with Crippen molar-refractivity contribution in [2.75, 3.05) is 13.2 Å². The van der Waals surface area contributed by atoms with Crippen molar-refractivity contribution < 1.29 is 55.1 Å². The van der Waals surface area contributed by atoms with Crippen LogP contribution in [0.3, 0.4) is 0 Å². The molecule has 15 atom stereocenters. The quantitative estimate of drug-likeness (QED) is 0.189. The van der Waals surface area contributed by atoms with E-state index in [0.29, 0.717) is 31.3 Å². The number of rotatable bonds is 3. The Morgan fingerprint density at radius 3 is 2.41 bits per heavy atom. The third kappa shape index (κ3) is 3.00. The molecule has 3 saturated heterocycles. The molecule has 4 bridgehead atoms. The molecule has 0 aromatic rings. The highest BCUT2D eigenvalue weighted by molar-refractivity contribution is 5.36. The number of hydrogen-bond donors (Lipinski definition) is 8. The van der Waals surface area contributed by atoms with Gasteiger partial charge in [0, 0.05) is 17.3 Å². The molecule has 0 aromatic heterocycles. The molecule has 210 valence electrons. The minimum absolute atomic E-state index is 0.0654. The monoisotopic (exact) mass is 528 g/mol. The number of aliphatic hydroxyl groups is 8. The molecule has 0 radical (unpaired) electrons. The first-order valence-corrected chi connectivity index (χ1v) is 13.3. The molecule has 8 N–H and O–H groups in total. The van der Waals surface area contributed by atoms with Crippen LogP contribution in [-0.2, 0) is 14.2 Å². The summed E-state index contributed by atoms with van der Waals surface area (Å²) < 4.78 is 18.1. The Labute approximate surface area is 215 Å². The van der Waals surface area contributed by atoms with Gasteiger partial charge in [0.15, 0.2) is 6.29 Å². The van der Waals surface area contributed by atoms with Crippen molar-refractivity contribution in [1.29, 1.82) is 0 Å². The van der Waals surface area contributed by atoms with Gasteiger partial charge in [0.1, 0.15) is 30.5 Å². The van der Waals surface area contributed by atoms with Gasteiger partial charge in [0.25, 0.3) is 0 Å². The molecule has 2 spiro atoms. The minimum atomic E-state index is -2.11. The third-order valence-corrected chi connectivity index (χ3v) is 11.1. The zero-order valence-electron chi connectivity index (χ0n) is 21.2. The van der Waals surface area contributed by atoms with Crippen molar-refractivity contribution in [1.82, 2.24) is 0 Å². The molecular formula is C26H40O11. The summed E-state index contributed by atoms with van der Waals surface area (Å²) >= 11 is 0. The lowest BCUT2D eigenvalue weighted by molar-refractivity contribution is -0.479. The van der Waals surface area contributed by atoms with E-state index in [1.165, 1.54) is 0 Å². The molecule has 7 aliphatic rings. The molecule has 7 fully saturated rings. The minimum Gasteiger partial charge on any atom is -0.394 e. The van der Waals surface area contributed by atoms with Crippen LogP contribution in [-0.4, -0.2) is 115 Å². The normalized spacial score (nSPS) is 60.2. The molecule has 7 rings (SSSR count). The van der Waals surface area contributed by atoms with Gasteiger partial charge >= 0.3 is 0 Å². The van der Waals surface area contributed by atoms with E-state index < -0.39 is 95.6 Å². The van der Waals surface area contributed by atoms with Gasteiger partial charge in [-0.2, -0.15) is 0 Å². The van der Waals surface area contributed by atoms with Crippen LogP contribution >= 0.6 is 0 Å². The third-order valence-electron chi connectivity index (χ3n) is 11.1. The summed E-state index contributed by atoms with van der Waals surface area (Å²) in [6, 6.07) is 0. The van der Waals surface area contributed by atoms with Crippen molar-refractivity contribution in [2.45, 2.75) is 100 Å². The van der Waals surface area contributed by atoms with Gasteiger partial charge < -0.3 is 55.1 Å². The second kappa shape index (κ2) is 8.17. The van der Waals surface area contributed by atoms with E-state index in [1.807, 2.05) is 13.8 Å². The molecule has 4 saturated carbocycles. The summed E-state index contributed by atoms with van der Waals surface area (Å²) in [5, 5.41) is 87.9. The average molecular weight is 529 g/mol. The van der Waals surface area contributed by atoms with Crippen LogP contribution in [0.2, 0.25) is 0 Å². The summed E-state index contributed by atoms with van der Waals surface area (Å²) in [6.07, 6.45) is -10.1. The van der Waals surface area contributed by atoms with Gasteiger partial charge in [-0.05, 0) is 42.6 Å². The highest BCUT2D eigenvalue weighted by Crippen LogP contribution is 2.77. The molecule has 3 heterocycles. The smallest absolute Gasteiger partial charge is 0.201 e. The molecule has 3 aliphatic heterocycles. The van der Waals surface area contributed by atoms with Crippen molar-refractivity contribution in [3.63, 3.8) is 0 Å². The van der Waals surface area contributed by atoms with Crippen LogP contribution in [0.5, 0.6) is 0 Å². The van der Waals surface area contributed by atoms with Crippen LogP contribution in [0.25, 0.3) is 0 Å². The summed E-state index contributed by atoms with van der Waals surface area (Å²) in [5.41, 5.74) is -2.51. The molecule has 11 nitrogen and oxygen atoms in total. The van der Waals surface area contributed by atoms with Crippen molar-refractivity contribution in [2.24, 2.45) is 34.0 Å². The molecule has 0 aromatic carbocycles. The lowest BCUT2D eigenvalue weighted by Gasteiger charge is -2.76. The Hall–Kier alpha value is -0.700. The van der Waals surface area contributed by atoms with E-state index in [2.05, 4.69) is 6.58 Å². The number of aliphatic hydroxyl groups excluding tert-OH is 7. The van der Waals surface area contributed by atoms with E-state index in [9.17, 15) is 40.9 Å². The fraction of sp³-hybridized carbons (Fsp3) is 0.923. The van der Waals surface area contributed by atoms with E-state index >= 15 is 0 Å².